The van der Waals surface area contributed by atoms with E-state index >= 15 is 0 Å². The van der Waals surface area contributed by atoms with E-state index in [0.717, 1.165) is 0 Å². The Morgan fingerprint density at radius 2 is 2.67 bits per heavy atom. The molecule has 0 spiro atoms. The van der Waals surface area contributed by atoms with Crippen LogP contribution in [0.1, 0.15) is 0 Å². The molecule has 1 aliphatic heterocycles. The molecule has 0 aliphatic carbocycles. The van der Waals surface area contributed by atoms with Gasteiger partial charge in [0.15, 0.2) is 0 Å². The van der Waals surface area contributed by atoms with Crippen LogP contribution in [-0.2, 0) is 4.74 Å². The molecule has 31 valence electrons. The van der Waals surface area contributed by atoms with Gasteiger partial charge in [-0.2, -0.15) is 0 Å². The summed E-state index contributed by atoms with van der Waals surface area (Å²) < 4.78 is 4.75. The average molecular weight is 81.1 g/mol. The van der Waals surface area contributed by atoms with Gasteiger partial charge in [0.05, 0.1) is 6.26 Å². The van der Waals surface area contributed by atoms with E-state index in [1.54, 1.807) is 6.26 Å². The SMILES string of the molecule is [C]1=CC=COC1. The monoisotopic (exact) mass is 81.0 g/mol. The van der Waals surface area contributed by atoms with Gasteiger partial charge < -0.3 is 4.74 Å². The molecule has 0 fully saturated rings. The fourth-order valence-electron chi connectivity index (χ4n) is 0.307. The zero-order valence-corrected chi connectivity index (χ0v) is 3.35. The number of allylic oxidation sites excluding steroid dienone is 2. The molecule has 1 heterocycles. The van der Waals surface area contributed by atoms with Gasteiger partial charge in [-0.15, -0.1) is 0 Å². The molecule has 1 radical (unpaired) electrons. The van der Waals surface area contributed by atoms with E-state index in [0.29, 0.717) is 6.61 Å². The average Bonchev–Trinajstić information content (AvgIpc) is 1.72. The van der Waals surface area contributed by atoms with Crippen molar-refractivity contribution in [2.24, 2.45) is 0 Å². The van der Waals surface area contributed by atoms with Crippen molar-refractivity contribution >= 4 is 0 Å². The van der Waals surface area contributed by atoms with E-state index in [1.807, 2.05) is 12.2 Å². The van der Waals surface area contributed by atoms with Crippen molar-refractivity contribution in [2.75, 3.05) is 6.61 Å². The van der Waals surface area contributed by atoms with Crippen molar-refractivity contribution in [2.45, 2.75) is 0 Å². The topological polar surface area (TPSA) is 9.23 Å². The lowest BCUT2D eigenvalue weighted by Crippen LogP contribution is -1.83. The highest BCUT2D eigenvalue weighted by Crippen LogP contribution is 1.86. The first-order chi connectivity index (χ1) is 3.00. The second-order valence-electron chi connectivity index (χ2n) is 1.01. The molecule has 1 rings (SSSR count). The van der Waals surface area contributed by atoms with Gasteiger partial charge in [-0.3, -0.25) is 0 Å². The highest BCUT2D eigenvalue weighted by molar-refractivity contribution is 4.98. The van der Waals surface area contributed by atoms with Gasteiger partial charge in [-0.1, -0.05) is 6.08 Å². The van der Waals surface area contributed by atoms with Crippen LogP contribution in [0.25, 0.3) is 0 Å². The molecule has 0 N–H and O–H groups in total. The van der Waals surface area contributed by atoms with Crippen molar-refractivity contribution in [3.8, 4) is 0 Å². The maximum absolute atomic E-state index is 4.75. The molecule has 6 heavy (non-hydrogen) atoms. The van der Waals surface area contributed by atoms with Crippen LogP contribution in [0.3, 0.4) is 0 Å². The van der Waals surface area contributed by atoms with Gasteiger partial charge in [0.2, 0.25) is 0 Å². The van der Waals surface area contributed by atoms with Gasteiger partial charge in [0, 0.05) is 0 Å². The minimum Gasteiger partial charge on any atom is -0.497 e. The van der Waals surface area contributed by atoms with Crippen molar-refractivity contribution in [3.05, 3.63) is 24.5 Å². The maximum atomic E-state index is 4.75. The van der Waals surface area contributed by atoms with Crippen LogP contribution in [0.5, 0.6) is 0 Å². The molecule has 0 atom stereocenters. The van der Waals surface area contributed by atoms with Crippen LogP contribution in [-0.4, -0.2) is 6.61 Å². The molecule has 0 aromatic heterocycles. The number of ether oxygens (including phenoxy) is 1. The summed E-state index contributed by atoms with van der Waals surface area (Å²) in [5.41, 5.74) is 0. The summed E-state index contributed by atoms with van der Waals surface area (Å²) in [4.78, 5) is 0. The Bertz CT molecular complexity index is 69.9. The first-order valence-electron chi connectivity index (χ1n) is 1.83. The zero-order valence-electron chi connectivity index (χ0n) is 3.35. The predicted octanol–water partition coefficient (Wildman–Crippen LogP) is 0.890. The Kier molecular flexibility index (Phi) is 0.955. The third-order valence-corrected chi connectivity index (χ3v) is 0.556. The van der Waals surface area contributed by atoms with Crippen molar-refractivity contribution in [3.63, 3.8) is 0 Å². The lowest BCUT2D eigenvalue weighted by molar-refractivity contribution is 0.280. The molecule has 1 aliphatic rings. The molecule has 0 aromatic rings. The maximum Gasteiger partial charge on any atom is 0.113 e. The second-order valence-corrected chi connectivity index (χ2v) is 1.01. The Hall–Kier alpha value is -0.720. The summed E-state index contributed by atoms with van der Waals surface area (Å²) in [7, 11) is 0. The second kappa shape index (κ2) is 1.65. The van der Waals surface area contributed by atoms with Crippen LogP contribution in [0.15, 0.2) is 18.4 Å². The summed E-state index contributed by atoms with van der Waals surface area (Å²) in [6.07, 6.45) is 8.15. The smallest absolute Gasteiger partial charge is 0.113 e. The molecule has 1 heteroatoms. The molecule has 0 saturated carbocycles. The molecule has 0 unspecified atom stereocenters. The van der Waals surface area contributed by atoms with Crippen LogP contribution in [0, 0.1) is 6.08 Å². The summed E-state index contributed by atoms with van der Waals surface area (Å²) in [5, 5.41) is 0. The highest BCUT2D eigenvalue weighted by Gasteiger charge is 1.76. The zero-order chi connectivity index (χ0) is 4.24. The molecular formula is C5H5O. The van der Waals surface area contributed by atoms with Crippen molar-refractivity contribution in [1.29, 1.82) is 0 Å². The molecule has 0 amide bonds. The Balaban J connectivity index is 2.46. The largest absolute Gasteiger partial charge is 0.497 e. The fraction of sp³-hybridized carbons (Fsp3) is 0.200. The van der Waals surface area contributed by atoms with Gasteiger partial charge >= 0.3 is 0 Å². The van der Waals surface area contributed by atoms with Crippen LogP contribution in [0.4, 0.5) is 0 Å². The standard InChI is InChI=1S/C5H5O/c1-2-4-6-5-3-1/h1-2,4H,5H2. The third kappa shape index (κ3) is 0.612. The fourth-order valence-corrected chi connectivity index (χ4v) is 0.307. The van der Waals surface area contributed by atoms with Gasteiger partial charge in [0.25, 0.3) is 0 Å². The van der Waals surface area contributed by atoms with E-state index in [2.05, 4.69) is 6.08 Å². The number of hydrogen-bond donors (Lipinski definition) is 0. The van der Waals surface area contributed by atoms with Crippen molar-refractivity contribution in [1.82, 2.24) is 0 Å². The lowest BCUT2D eigenvalue weighted by Gasteiger charge is -1.93. The van der Waals surface area contributed by atoms with E-state index in [9.17, 15) is 0 Å². The molecule has 0 bridgehead atoms. The van der Waals surface area contributed by atoms with Crippen LogP contribution < -0.4 is 0 Å². The normalized spacial score (nSPS) is 17.3. The van der Waals surface area contributed by atoms with E-state index in [-0.39, 0.29) is 0 Å². The van der Waals surface area contributed by atoms with Gasteiger partial charge in [-0.05, 0) is 12.2 Å². The lowest BCUT2D eigenvalue weighted by atomic mass is 10.5. The summed E-state index contributed by atoms with van der Waals surface area (Å²) in [5.74, 6) is 0. The first kappa shape index (κ1) is 3.47. The van der Waals surface area contributed by atoms with E-state index in [1.165, 1.54) is 0 Å². The van der Waals surface area contributed by atoms with E-state index < -0.39 is 0 Å². The quantitative estimate of drug-likeness (QED) is 0.420. The summed E-state index contributed by atoms with van der Waals surface area (Å²) in [6, 6.07) is 0. The van der Waals surface area contributed by atoms with Gasteiger partial charge in [-0.25, -0.2) is 0 Å². The number of rotatable bonds is 0. The minimum atomic E-state index is 0.608. The molecular weight excluding hydrogens is 76.1 g/mol. The molecule has 0 aromatic carbocycles. The highest BCUT2D eigenvalue weighted by atomic mass is 16.5. The molecule has 0 saturated heterocycles. The summed E-state index contributed by atoms with van der Waals surface area (Å²) in [6.45, 7) is 0.608. The van der Waals surface area contributed by atoms with E-state index in [4.69, 9.17) is 4.74 Å². The number of hydrogen-bond acceptors (Lipinski definition) is 1. The predicted molar refractivity (Wildman–Crippen MR) is 22.9 cm³/mol. The Morgan fingerprint density at radius 3 is 2.83 bits per heavy atom. The van der Waals surface area contributed by atoms with Crippen LogP contribution >= 0.6 is 0 Å². The van der Waals surface area contributed by atoms with Crippen LogP contribution in [0.2, 0.25) is 0 Å². The van der Waals surface area contributed by atoms with Gasteiger partial charge in [0.1, 0.15) is 6.61 Å². The Morgan fingerprint density at radius 1 is 1.67 bits per heavy atom. The summed E-state index contributed by atoms with van der Waals surface area (Å²) >= 11 is 0. The molecule has 1 nitrogen and oxygen atoms in total. The Labute approximate surface area is 36.9 Å². The minimum absolute atomic E-state index is 0.608. The van der Waals surface area contributed by atoms with Crippen molar-refractivity contribution < 1.29 is 4.74 Å². The third-order valence-electron chi connectivity index (χ3n) is 0.556. The first-order valence-corrected chi connectivity index (χ1v) is 1.83.